The molecule has 2 atom stereocenters. The van der Waals surface area contributed by atoms with Crippen molar-refractivity contribution >= 4 is 5.97 Å². The number of benzene rings is 2. The number of para-hydroxylation sites is 1. The van der Waals surface area contributed by atoms with Gasteiger partial charge in [0.15, 0.2) is 11.5 Å². The quantitative estimate of drug-likeness (QED) is 0.810. The fourth-order valence-electron chi connectivity index (χ4n) is 4.32. The maximum atomic E-state index is 11.7. The highest BCUT2D eigenvalue weighted by atomic mass is 16.5. The number of nitrogens with zero attached hydrogens (tertiary/aromatic N) is 1. The Morgan fingerprint density at radius 2 is 1.86 bits per heavy atom. The lowest BCUT2D eigenvalue weighted by Gasteiger charge is -2.38. The van der Waals surface area contributed by atoms with Crippen molar-refractivity contribution in [3.63, 3.8) is 0 Å². The Morgan fingerprint density at radius 3 is 2.46 bits per heavy atom. The predicted molar refractivity (Wildman–Crippen MR) is 109 cm³/mol. The van der Waals surface area contributed by atoms with E-state index in [1.54, 1.807) is 14.2 Å². The second kappa shape index (κ2) is 8.65. The Bertz CT molecular complexity index is 828. The summed E-state index contributed by atoms with van der Waals surface area (Å²) in [5, 5.41) is 9.58. The highest BCUT2D eigenvalue weighted by molar-refractivity contribution is 5.70. The van der Waals surface area contributed by atoms with E-state index in [2.05, 4.69) is 36.9 Å². The van der Waals surface area contributed by atoms with Crippen LogP contribution in [0.2, 0.25) is 0 Å². The molecule has 0 bridgehead atoms. The first-order chi connectivity index (χ1) is 13.4. The molecule has 5 nitrogen and oxygen atoms in total. The summed E-state index contributed by atoms with van der Waals surface area (Å²) in [6, 6.07) is 12.3. The number of rotatable bonds is 6. The lowest BCUT2D eigenvalue weighted by atomic mass is 9.89. The number of carboxylic acids is 1. The second-order valence-electron chi connectivity index (χ2n) is 7.58. The minimum atomic E-state index is -0.721. The zero-order chi connectivity index (χ0) is 20.3. The molecule has 2 aromatic carbocycles. The highest BCUT2D eigenvalue weighted by Gasteiger charge is 2.33. The van der Waals surface area contributed by atoms with Gasteiger partial charge in [-0.2, -0.15) is 0 Å². The van der Waals surface area contributed by atoms with Crippen LogP contribution in [0.1, 0.15) is 41.1 Å². The van der Waals surface area contributed by atoms with E-state index in [0.29, 0.717) is 18.0 Å². The van der Waals surface area contributed by atoms with Crippen LogP contribution in [0.4, 0.5) is 0 Å². The van der Waals surface area contributed by atoms with Gasteiger partial charge < -0.3 is 14.6 Å². The molecule has 1 saturated heterocycles. The van der Waals surface area contributed by atoms with E-state index in [1.807, 2.05) is 18.2 Å². The van der Waals surface area contributed by atoms with Crippen LogP contribution in [0, 0.1) is 19.8 Å². The molecule has 1 heterocycles. The van der Waals surface area contributed by atoms with E-state index in [4.69, 9.17) is 9.47 Å². The summed E-state index contributed by atoms with van der Waals surface area (Å²) in [6.45, 7) is 5.55. The van der Waals surface area contributed by atoms with E-state index >= 15 is 0 Å². The van der Waals surface area contributed by atoms with Crippen molar-refractivity contribution in [1.29, 1.82) is 0 Å². The van der Waals surface area contributed by atoms with E-state index in [9.17, 15) is 9.90 Å². The predicted octanol–water partition coefficient (Wildman–Crippen LogP) is 4.21. The third kappa shape index (κ3) is 4.14. The van der Waals surface area contributed by atoms with Gasteiger partial charge >= 0.3 is 5.97 Å². The average molecular weight is 383 g/mol. The Labute approximate surface area is 166 Å². The molecular weight excluding hydrogens is 354 g/mol. The Kier molecular flexibility index (Phi) is 6.25. The Hall–Kier alpha value is -2.53. The van der Waals surface area contributed by atoms with Crippen molar-refractivity contribution in [1.82, 2.24) is 4.90 Å². The largest absolute Gasteiger partial charge is 0.493 e. The number of aliphatic carboxylic acids is 1. The molecule has 0 aromatic heterocycles. The SMILES string of the molecule is COc1cccc(C(c2cc(C)cc(C)c2)N2CCCC(C(=O)O)C2)c1OC. The minimum absolute atomic E-state index is 0.0919. The number of ether oxygens (including phenoxy) is 2. The van der Waals surface area contributed by atoms with Crippen LogP contribution in [-0.2, 0) is 4.79 Å². The number of aryl methyl sites for hydroxylation is 2. The summed E-state index contributed by atoms with van der Waals surface area (Å²) in [4.78, 5) is 13.9. The van der Waals surface area contributed by atoms with E-state index in [1.165, 1.54) is 11.1 Å². The number of hydrogen-bond acceptors (Lipinski definition) is 4. The molecule has 5 heteroatoms. The van der Waals surface area contributed by atoms with Gasteiger partial charge in [-0.05, 0) is 44.9 Å². The van der Waals surface area contributed by atoms with E-state index in [0.717, 1.165) is 30.5 Å². The van der Waals surface area contributed by atoms with Crippen LogP contribution in [0.3, 0.4) is 0 Å². The summed E-state index contributed by atoms with van der Waals surface area (Å²) in [5.74, 6) is 0.313. The first-order valence-corrected chi connectivity index (χ1v) is 9.70. The van der Waals surface area contributed by atoms with Gasteiger partial charge in [-0.25, -0.2) is 0 Å². The second-order valence-corrected chi connectivity index (χ2v) is 7.58. The van der Waals surface area contributed by atoms with Crippen molar-refractivity contribution in [2.75, 3.05) is 27.3 Å². The number of likely N-dealkylation sites (tertiary alicyclic amines) is 1. The van der Waals surface area contributed by atoms with Gasteiger partial charge in [0.1, 0.15) is 0 Å². The third-order valence-corrected chi connectivity index (χ3v) is 5.45. The van der Waals surface area contributed by atoms with Crippen molar-refractivity contribution < 1.29 is 19.4 Å². The van der Waals surface area contributed by atoms with Crippen LogP contribution in [-0.4, -0.2) is 43.3 Å². The molecule has 2 unspecified atom stereocenters. The molecule has 0 amide bonds. The van der Waals surface area contributed by atoms with Gasteiger partial charge in [-0.1, -0.05) is 41.5 Å². The van der Waals surface area contributed by atoms with Crippen molar-refractivity contribution in [3.05, 3.63) is 58.7 Å². The van der Waals surface area contributed by atoms with Gasteiger partial charge in [0, 0.05) is 12.1 Å². The lowest BCUT2D eigenvalue weighted by Crippen LogP contribution is -2.41. The standard InChI is InChI=1S/C23H29NO4/c1-15-11-16(2)13-18(12-15)21(24-10-6-7-17(14-24)23(25)26)19-8-5-9-20(27-3)22(19)28-4/h5,8-9,11-13,17,21H,6-7,10,14H2,1-4H3,(H,25,26). The zero-order valence-corrected chi connectivity index (χ0v) is 17.1. The Balaban J connectivity index is 2.14. The van der Waals surface area contributed by atoms with Gasteiger partial charge in [-0.3, -0.25) is 9.69 Å². The summed E-state index contributed by atoms with van der Waals surface area (Å²) in [6.07, 6.45) is 1.59. The summed E-state index contributed by atoms with van der Waals surface area (Å²) in [5.41, 5.74) is 4.52. The first-order valence-electron chi connectivity index (χ1n) is 9.70. The normalized spacial score (nSPS) is 18.5. The summed E-state index contributed by atoms with van der Waals surface area (Å²) >= 11 is 0. The number of carbonyl (C=O) groups is 1. The van der Waals surface area contributed by atoms with Gasteiger partial charge in [0.25, 0.3) is 0 Å². The van der Waals surface area contributed by atoms with E-state index < -0.39 is 5.97 Å². The van der Waals surface area contributed by atoms with Crippen molar-refractivity contribution in [2.45, 2.75) is 32.7 Å². The van der Waals surface area contributed by atoms with Crippen molar-refractivity contribution in [3.8, 4) is 11.5 Å². The fourth-order valence-corrected chi connectivity index (χ4v) is 4.32. The monoisotopic (exact) mass is 383 g/mol. The molecule has 1 aliphatic heterocycles. The van der Waals surface area contributed by atoms with Crippen molar-refractivity contribution in [2.24, 2.45) is 5.92 Å². The number of carboxylic acid groups (broad SMARTS) is 1. The molecule has 0 saturated carbocycles. The van der Waals surface area contributed by atoms with Crippen LogP contribution in [0.25, 0.3) is 0 Å². The molecule has 1 aliphatic rings. The molecule has 2 aromatic rings. The van der Waals surface area contributed by atoms with E-state index in [-0.39, 0.29) is 12.0 Å². The number of piperidine rings is 1. The Morgan fingerprint density at radius 1 is 1.14 bits per heavy atom. The zero-order valence-electron chi connectivity index (χ0n) is 17.1. The number of methoxy groups -OCH3 is 2. The van der Waals surface area contributed by atoms with Crippen LogP contribution < -0.4 is 9.47 Å². The van der Waals surface area contributed by atoms with Gasteiger partial charge in [0.05, 0.1) is 26.2 Å². The molecule has 3 rings (SSSR count). The minimum Gasteiger partial charge on any atom is -0.493 e. The molecule has 1 fully saturated rings. The smallest absolute Gasteiger partial charge is 0.307 e. The molecule has 28 heavy (non-hydrogen) atoms. The first kappa shape index (κ1) is 20.2. The molecule has 1 N–H and O–H groups in total. The van der Waals surface area contributed by atoms with Crippen LogP contribution in [0.15, 0.2) is 36.4 Å². The third-order valence-electron chi connectivity index (χ3n) is 5.45. The van der Waals surface area contributed by atoms with Crippen LogP contribution >= 0.6 is 0 Å². The number of hydrogen-bond donors (Lipinski definition) is 1. The maximum Gasteiger partial charge on any atom is 0.307 e. The average Bonchev–Trinajstić information content (AvgIpc) is 2.67. The summed E-state index contributed by atoms with van der Waals surface area (Å²) in [7, 11) is 3.28. The van der Waals surface area contributed by atoms with Crippen LogP contribution in [0.5, 0.6) is 11.5 Å². The lowest BCUT2D eigenvalue weighted by molar-refractivity contribution is -0.143. The molecule has 150 valence electrons. The maximum absolute atomic E-state index is 11.7. The van der Waals surface area contributed by atoms with Gasteiger partial charge in [-0.15, -0.1) is 0 Å². The molecule has 0 aliphatic carbocycles. The topological polar surface area (TPSA) is 59.0 Å². The molecule has 0 spiro atoms. The molecular formula is C23H29NO4. The fraction of sp³-hybridized carbons (Fsp3) is 0.435. The molecule has 0 radical (unpaired) electrons. The summed E-state index contributed by atoms with van der Waals surface area (Å²) < 4.78 is 11.2. The highest BCUT2D eigenvalue weighted by Crippen LogP contribution is 2.41. The van der Waals surface area contributed by atoms with Gasteiger partial charge in [0.2, 0.25) is 0 Å².